The molecule has 2 saturated heterocycles. The molecular formula is C24H29ClN2O4S. The Morgan fingerprint density at radius 2 is 1.84 bits per heavy atom. The highest BCUT2D eigenvalue weighted by Crippen LogP contribution is 2.30. The van der Waals surface area contributed by atoms with Gasteiger partial charge < -0.3 is 9.64 Å². The standard InChI is InChI=1S/C24H29ClN2O4S/c1-31-21-9-5-7-18(16-21)15-20-8-6-14-27(20)24(28)19-10-11-22(25)23(17-19)32(29,30)26-12-3-2-4-13-26/h5,7,9-11,16-17,20H,2-4,6,8,12-15H2,1H3. The number of methoxy groups -OCH3 is 1. The molecule has 2 fully saturated rings. The van der Waals surface area contributed by atoms with E-state index in [-0.39, 0.29) is 21.9 Å². The average Bonchev–Trinajstić information content (AvgIpc) is 3.27. The highest BCUT2D eigenvalue weighted by molar-refractivity contribution is 7.89. The van der Waals surface area contributed by atoms with Crippen LogP contribution >= 0.6 is 11.6 Å². The van der Waals surface area contributed by atoms with E-state index < -0.39 is 10.0 Å². The normalized spacial score (nSPS) is 19.8. The molecule has 32 heavy (non-hydrogen) atoms. The third-order valence-corrected chi connectivity index (χ3v) is 8.73. The average molecular weight is 477 g/mol. The van der Waals surface area contributed by atoms with E-state index in [0.717, 1.165) is 49.8 Å². The molecule has 2 aromatic carbocycles. The molecule has 172 valence electrons. The zero-order valence-electron chi connectivity index (χ0n) is 18.3. The van der Waals surface area contributed by atoms with Crippen LogP contribution in [0.5, 0.6) is 5.75 Å². The van der Waals surface area contributed by atoms with Gasteiger partial charge in [0.1, 0.15) is 10.6 Å². The van der Waals surface area contributed by atoms with Crippen molar-refractivity contribution < 1.29 is 17.9 Å². The number of ether oxygens (including phenoxy) is 1. The van der Waals surface area contributed by atoms with Crippen LogP contribution in [0.3, 0.4) is 0 Å². The fraction of sp³-hybridized carbons (Fsp3) is 0.458. The quantitative estimate of drug-likeness (QED) is 0.620. The summed E-state index contributed by atoms with van der Waals surface area (Å²) in [6.07, 6.45) is 5.28. The highest BCUT2D eigenvalue weighted by Gasteiger charge is 2.32. The van der Waals surface area contributed by atoms with Crippen LogP contribution in [0.25, 0.3) is 0 Å². The van der Waals surface area contributed by atoms with Gasteiger partial charge in [-0.3, -0.25) is 4.79 Å². The molecule has 2 aromatic rings. The Morgan fingerprint density at radius 1 is 1.06 bits per heavy atom. The molecule has 1 amide bonds. The molecule has 0 N–H and O–H groups in total. The second-order valence-electron chi connectivity index (χ2n) is 8.46. The molecule has 1 atom stereocenters. The molecule has 0 radical (unpaired) electrons. The topological polar surface area (TPSA) is 66.9 Å². The van der Waals surface area contributed by atoms with Crippen molar-refractivity contribution in [1.82, 2.24) is 9.21 Å². The third kappa shape index (κ3) is 4.80. The smallest absolute Gasteiger partial charge is 0.254 e. The number of hydrogen-bond acceptors (Lipinski definition) is 4. The first-order valence-corrected chi connectivity index (χ1v) is 13.0. The zero-order chi connectivity index (χ0) is 22.7. The summed E-state index contributed by atoms with van der Waals surface area (Å²) in [5.74, 6) is 0.644. The van der Waals surface area contributed by atoms with Crippen LogP contribution in [-0.4, -0.2) is 56.3 Å². The lowest BCUT2D eigenvalue weighted by atomic mass is 10.0. The zero-order valence-corrected chi connectivity index (χ0v) is 19.9. The maximum Gasteiger partial charge on any atom is 0.254 e. The molecule has 8 heteroatoms. The first-order valence-electron chi connectivity index (χ1n) is 11.1. The van der Waals surface area contributed by atoms with E-state index in [1.54, 1.807) is 13.2 Å². The van der Waals surface area contributed by atoms with E-state index in [9.17, 15) is 13.2 Å². The third-order valence-electron chi connectivity index (χ3n) is 6.35. The van der Waals surface area contributed by atoms with Gasteiger partial charge in [-0.25, -0.2) is 8.42 Å². The number of likely N-dealkylation sites (tertiary alicyclic amines) is 1. The van der Waals surface area contributed by atoms with Crippen LogP contribution in [-0.2, 0) is 16.4 Å². The molecular weight excluding hydrogens is 448 g/mol. The molecule has 2 aliphatic rings. The summed E-state index contributed by atoms with van der Waals surface area (Å²) in [6.45, 7) is 1.64. The first-order chi connectivity index (χ1) is 15.4. The number of nitrogens with zero attached hydrogens (tertiary/aromatic N) is 2. The van der Waals surface area contributed by atoms with Crippen molar-refractivity contribution in [2.24, 2.45) is 0 Å². The van der Waals surface area contributed by atoms with Crippen LogP contribution in [0.4, 0.5) is 0 Å². The van der Waals surface area contributed by atoms with Crippen molar-refractivity contribution in [3.8, 4) is 5.75 Å². The van der Waals surface area contributed by atoms with Gasteiger partial charge in [0.15, 0.2) is 0 Å². The van der Waals surface area contributed by atoms with E-state index in [0.29, 0.717) is 25.2 Å². The van der Waals surface area contributed by atoms with E-state index in [1.165, 1.54) is 16.4 Å². The summed E-state index contributed by atoms with van der Waals surface area (Å²) >= 11 is 6.29. The molecule has 2 heterocycles. The Hall–Kier alpha value is -2.09. The van der Waals surface area contributed by atoms with Gasteiger partial charge in [0.05, 0.1) is 12.1 Å². The van der Waals surface area contributed by atoms with Crippen molar-refractivity contribution in [3.63, 3.8) is 0 Å². The summed E-state index contributed by atoms with van der Waals surface area (Å²) in [5, 5.41) is 0.154. The minimum absolute atomic E-state index is 0.0236. The number of benzene rings is 2. The maximum absolute atomic E-state index is 13.4. The number of halogens is 1. The SMILES string of the molecule is COc1cccc(CC2CCCN2C(=O)c2ccc(Cl)c(S(=O)(=O)N3CCCCC3)c2)c1. The van der Waals surface area contributed by atoms with Crippen LogP contribution in [0.15, 0.2) is 47.4 Å². The van der Waals surface area contributed by atoms with E-state index in [1.807, 2.05) is 29.2 Å². The minimum atomic E-state index is -3.73. The van der Waals surface area contributed by atoms with Gasteiger partial charge in [0, 0.05) is 31.2 Å². The second-order valence-corrected chi connectivity index (χ2v) is 10.8. The van der Waals surface area contributed by atoms with E-state index in [2.05, 4.69) is 0 Å². The van der Waals surface area contributed by atoms with Crippen LogP contribution in [0, 0.1) is 0 Å². The number of rotatable bonds is 6. The second kappa shape index (κ2) is 9.81. The van der Waals surface area contributed by atoms with Crippen molar-refractivity contribution in [2.45, 2.75) is 49.5 Å². The molecule has 1 unspecified atom stereocenters. The van der Waals surface area contributed by atoms with Gasteiger partial charge in [0.25, 0.3) is 5.91 Å². The maximum atomic E-state index is 13.4. The summed E-state index contributed by atoms with van der Waals surface area (Å²) in [4.78, 5) is 15.3. The van der Waals surface area contributed by atoms with Gasteiger partial charge >= 0.3 is 0 Å². The Bertz CT molecular complexity index is 1080. The Kier molecular flexibility index (Phi) is 7.08. The van der Waals surface area contributed by atoms with Gasteiger partial charge in [-0.2, -0.15) is 4.31 Å². The van der Waals surface area contributed by atoms with Crippen molar-refractivity contribution >= 4 is 27.5 Å². The molecule has 2 aliphatic heterocycles. The number of amides is 1. The first kappa shape index (κ1) is 23.1. The summed E-state index contributed by atoms with van der Waals surface area (Å²) in [5.41, 5.74) is 1.47. The molecule has 0 bridgehead atoms. The largest absolute Gasteiger partial charge is 0.497 e. The predicted octanol–water partition coefficient (Wildman–Crippen LogP) is 4.37. The number of piperidine rings is 1. The van der Waals surface area contributed by atoms with Gasteiger partial charge in [-0.15, -0.1) is 0 Å². The highest BCUT2D eigenvalue weighted by atomic mass is 35.5. The van der Waals surface area contributed by atoms with Crippen LogP contribution in [0.2, 0.25) is 5.02 Å². The number of carbonyl (C=O) groups is 1. The summed E-state index contributed by atoms with van der Waals surface area (Å²) < 4.78 is 33.1. The lowest BCUT2D eigenvalue weighted by Crippen LogP contribution is -2.37. The summed E-state index contributed by atoms with van der Waals surface area (Å²) in [7, 11) is -2.09. The van der Waals surface area contributed by atoms with Gasteiger partial charge in [0.2, 0.25) is 10.0 Å². The molecule has 0 aliphatic carbocycles. The predicted molar refractivity (Wildman–Crippen MR) is 125 cm³/mol. The summed E-state index contributed by atoms with van der Waals surface area (Å²) in [6, 6.07) is 12.6. The fourth-order valence-electron chi connectivity index (χ4n) is 4.63. The number of carbonyl (C=O) groups excluding carboxylic acids is 1. The molecule has 4 rings (SSSR count). The van der Waals surface area contributed by atoms with Crippen molar-refractivity contribution in [2.75, 3.05) is 26.7 Å². The number of hydrogen-bond donors (Lipinski definition) is 0. The monoisotopic (exact) mass is 476 g/mol. The lowest BCUT2D eigenvalue weighted by Gasteiger charge is -2.27. The molecule has 6 nitrogen and oxygen atoms in total. The van der Waals surface area contributed by atoms with E-state index >= 15 is 0 Å². The van der Waals surface area contributed by atoms with Gasteiger partial charge in [-0.1, -0.05) is 30.2 Å². The minimum Gasteiger partial charge on any atom is -0.497 e. The van der Waals surface area contributed by atoms with Crippen LogP contribution < -0.4 is 4.74 Å². The Morgan fingerprint density at radius 3 is 2.59 bits per heavy atom. The molecule has 0 saturated carbocycles. The Labute approximate surface area is 195 Å². The van der Waals surface area contributed by atoms with Gasteiger partial charge in [-0.05, 0) is 68.0 Å². The molecule has 0 aromatic heterocycles. The van der Waals surface area contributed by atoms with Crippen molar-refractivity contribution in [1.29, 1.82) is 0 Å². The van der Waals surface area contributed by atoms with Crippen LogP contribution in [0.1, 0.15) is 48.0 Å². The van der Waals surface area contributed by atoms with Crippen molar-refractivity contribution in [3.05, 3.63) is 58.6 Å². The molecule has 0 spiro atoms. The number of sulfonamides is 1. The fourth-order valence-corrected chi connectivity index (χ4v) is 6.65. The Balaban J connectivity index is 1.56. The lowest BCUT2D eigenvalue weighted by molar-refractivity contribution is 0.0736. The van der Waals surface area contributed by atoms with E-state index in [4.69, 9.17) is 16.3 Å².